The molecule has 0 spiro atoms. The third-order valence-electron chi connectivity index (χ3n) is 3.80. The highest BCUT2D eigenvalue weighted by Gasteiger charge is 2.19. The van der Waals surface area contributed by atoms with Gasteiger partial charge in [-0.2, -0.15) is 0 Å². The van der Waals surface area contributed by atoms with Gasteiger partial charge in [-0.05, 0) is 51.2 Å². The highest BCUT2D eigenvalue weighted by Crippen LogP contribution is 2.16. The van der Waals surface area contributed by atoms with E-state index in [1.54, 1.807) is 0 Å². The van der Waals surface area contributed by atoms with Crippen LogP contribution in [0.15, 0.2) is 0 Å². The number of aliphatic hydroxyl groups excluding tert-OH is 1. The van der Waals surface area contributed by atoms with Crippen molar-refractivity contribution in [2.24, 2.45) is 5.92 Å². The minimum absolute atomic E-state index is 0.354. The summed E-state index contributed by atoms with van der Waals surface area (Å²) in [5, 5.41) is 12.3. The van der Waals surface area contributed by atoms with Crippen LogP contribution in [-0.4, -0.2) is 48.8 Å². The van der Waals surface area contributed by atoms with Crippen LogP contribution in [0.25, 0.3) is 0 Å². The molecule has 2 N–H and O–H groups in total. The first-order valence-corrected chi connectivity index (χ1v) is 7.79. The van der Waals surface area contributed by atoms with Gasteiger partial charge in [-0.3, -0.25) is 0 Å². The van der Waals surface area contributed by atoms with Gasteiger partial charge in [0.1, 0.15) is 0 Å². The molecule has 1 saturated heterocycles. The minimum Gasteiger partial charge on any atom is -0.396 e. The number of hydrogen-bond acceptors (Lipinski definition) is 3. The molecule has 18 heavy (non-hydrogen) atoms. The van der Waals surface area contributed by atoms with Crippen molar-refractivity contribution in [3.05, 3.63) is 0 Å². The summed E-state index contributed by atoms with van der Waals surface area (Å²) in [5.74, 6) is 0.846. The minimum atomic E-state index is 0.354. The molecule has 1 fully saturated rings. The number of hydrogen-bond donors (Lipinski definition) is 2. The lowest BCUT2D eigenvalue weighted by atomic mass is 9.97. The predicted octanol–water partition coefficient (Wildman–Crippen LogP) is 2.25. The van der Waals surface area contributed by atoms with Crippen molar-refractivity contribution in [2.45, 2.75) is 58.4 Å². The number of aliphatic hydroxyl groups is 1. The molecule has 1 atom stereocenters. The summed E-state index contributed by atoms with van der Waals surface area (Å²) in [5.41, 5.74) is 0. The first-order chi connectivity index (χ1) is 8.72. The number of nitrogens with zero attached hydrogens (tertiary/aromatic N) is 1. The monoisotopic (exact) mass is 256 g/mol. The van der Waals surface area contributed by atoms with Gasteiger partial charge in [0.25, 0.3) is 0 Å². The Bertz CT molecular complexity index is 197. The molecule has 0 aromatic carbocycles. The second kappa shape index (κ2) is 9.76. The van der Waals surface area contributed by atoms with E-state index < -0.39 is 0 Å². The SMILES string of the molecule is CC(C)NCC1CCCN(CCCCCCO)C1. The van der Waals surface area contributed by atoms with Gasteiger partial charge in [0.2, 0.25) is 0 Å². The largest absolute Gasteiger partial charge is 0.396 e. The van der Waals surface area contributed by atoms with E-state index >= 15 is 0 Å². The normalized spacial score (nSPS) is 21.7. The Balaban J connectivity index is 2.07. The zero-order valence-electron chi connectivity index (χ0n) is 12.3. The van der Waals surface area contributed by atoms with Gasteiger partial charge in [-0.15, -0.1) is 0 Å². The molecule has 0 aliphatic carbocycles. The van der Waals surface area contributed by atoms with Crippen LogP contribution in [0.3, 0.4) is 0 Å². The van der Waals surface area contributed by atoms with Crippen LogP contribution in [0.5, 0.6) is 0 Å². The maximum Gasteiger partial charge on any atom is 0.0431 e. The van der Waals surface area contributed by atoms with E-state index in [4.69, 9.17) is 5.11 Å². The molecule has 3 heteroatoms. The number of likely N-dealkylation sites (tertiary alicyclic amines) is 1. The maximum absolute atomic E-state index is 8.74. The standard InChI is InChI=1S/C15H32N2O/c1-14(2)16-12-15-8-7-10-17(13-15)9-5-3-4-6-11-18/h14-16,18H,3-13H2,1-2H3. The summed E-state index contributed by atoms with van der Waals surface area (Å²) < 4.78 is 0. The molecular weight excluding hydrogens is 224 g/mol. The highest BCUT2D eigenvalue weighted by molar-refractivity contribution is 4.75. The molecular formula is C15H32N2O. The summed E-state index contributed by atoms with van der Waals surface area (Å²) in [6.45, 7) is 9.80. The van der Waals surface area contributed by atoms with Crippen molar-refractivity contribution in [1.82, 2.24) is 10.2 Å². The molecule has 0 amide bonds. The van der Waals surface area contributed by atoms with Crippen molar-refractivity contribution < 1.29 is 5.11 Å². The van der Waals surface area contributed by atoms with Crippen molar-refractivity contribution in [1.29, 1.82) is 0 Å². The average Bonchev–Trinajstić information content (AvgIpc) is 2.37. The van der Waals surface area contributed by atoms with E-state index in [0.29, 0.717) is 12.6 Å². The molecule has 1 unspecified atom stereocenters. The van der Waals surface area contributed by atoms with Crippen molar-refractivity contribution in [2.75, 3.05) is 32.8 Å². The van der Waals surface area contributed by atoms with Gasteiger partial charge in [-0.1, -0.05) is 26.7 Å². The fourth-order valence-corrected chi connectivity index (χ4v) is 2.72. The summed E-state index contributed by atoms with van der Waals surface area (Å²) in [7, 11) is 0. The number of rotatable bonds is 9. The zero-order valence-corrected chi connectivity index (χ0v) is 12.3. The summed E-state index contributed by atoms with van der Waals surface area (Å²) in [4.78, 5) is 2.63. The Morgan fingerprint density at radius 3 is 2.72 bits per heavy atom. The van der Waals surface area contributed by atoms with Crippen molar-refractivity contribution >= 4 is 0 Å². The quantitative estimate of drug-likeness (QED) is 0.621. The third kappa shape index (κ3) is 7.34. The summed E-state index contributed by atoms with van der Waals surface area (Å²) in [6.07, 6.45) is 7.47. The molecule has 0 bridgehead atoms. The maximum atomic E-state index is 8.74. The number of piperidine rings is 1. The van der Waals surface area contributed by atoms with Crippen LogP contribution in [-0.2, 0) is 0 Å². The van der Waals surface area contributed by atoms with Crippen LogP contribution in [0.2, 0.25) is 0 Å². The first-order valence-electron chi connectivity index (χ1n) is 7.79. The summed E-state index contributed by atoms with van der Waals surface area (Å²) >= 11 is 0. The Kier molecular flexibility index (Phi) is 8.64. The van der Waals surface area contributed by atoms with Gasteiger partial charge in [-0.25, -0.2) is 0 Å². The van der Waals surface area contributed by atoms with Gasteiger partial charge in [0.05, 0.1) is 0 Å². The van der Waals surface area contributed by atoms with Gasteiger partial charge >= 0.3 is 0 Å². The molecule has 0 radical (unpaired) electrons. The molecule has 3 nitrogen and oxygen atoms in total. The fourth-order valence-electron chi connectivity index (χ4n) is 2.72. The molecule has 0 saturated carbocycles. The van der Waals surface area contributed by atoms with E-state index in [-0.39, 0.29) is 0 Å². The summed E-state index contributed by atoms with van der Waals surface area (Å²) in [6, 6.07) is 0.610. The lowest BCUT2D eigenvalue weighted by Crippen LogP contribution is -2.41. The van der Waals surface area contributed by atoms with Crippen LogP contribution in [0.1, 0.15) is 52.4 Å². The van der Waals surface area contributed by atoms with E-state index in [0.717, 1.165) is 12.3 Å². The predicted molar refractivity (Wildman–Crippen MR) is 77.9 cm³/mol. The van der Waals surface area contributed by atoms with E-state index in [2.05, 4.69) is 24.1 Å². The van der Waals surface area contributed by atoms with Crippen molar-refractivity contribution in [3.63, 3.8) is 0 Å². The average molecular weight is 256 g/mol. The van der Waals surface area contributed by atoms with Gasteiger partial charge in [0, 0.05) is 19.2 Å². The van der Waals surface area contributed by atoms with Crippen LogP contribution < -0.4 is 5.32 Å². The van der Waals surface area contributed by atoms with E-state index in [1.165, 1.54) is 58.3 Å². The number of nitrogens with one attached hydrogen (secondary N) is 1. The lowest BCUT2D eigenvalue weighted by Gasteiger charge is -2.33. The molecule has 1 aliphatic heterocycles. The second-order valence-electron chi connectivity index (χ2n) is 6.01. The van der Waals surface area contributed by atoms with E-state index in [9.17, 15) is 0 Å². The molecule has 1 rings (SSSR count). The Hall–Kier alpha value is -0.120. The highest BCUT2D eigenvalue weighted by atomic mass is 16.2. The van der Waals surface area contributed by atoms with Crippen LogP contribution in [0.4, 0.5) is 0 Å². The molecule has 108 valence electrons. The topological polar surface area (TPSA) is 35.5 Å². The van der Waals surface area contributed by atoms with E-state index in [1.807, 2.05) is 0 Å². The zero-order chi connectivity index (χ0) is 13.2. The fraction of sp³-hybridized carbons (Fsp3) is 1.00. The van der Waals surface area contributed by atoms with Crippen LogP contribution >= 0.6 is 0 Å². The second-order valence-corrected chi connectivity index (χ2v) is 6.01. The molecule has 1 aliphatic rings. The van der Waals surface area contributed by atoms with Crippen molar-refractivity contribution in [3.8, 4) is 0 Å². The lowest BCUT2D eigenvalue weighted by molar-refractivity contribution is 0.167. The first kappa shape index (κ1) is 15.9. The molecule has 0 aromatic rings. The van der Waals surface area contributed by atoms with Crippen LogP contribution in [0, 0.1) is 5.92 Å². The van der Waals surface area contributed by atoms with Gasteiger partial charge in [0.15, 0.2) is 0 Å². The Morgan fingerprint density at radius 1 is 1.22 bits per heavy atom. The van der Waals surface area contributed by atoms with Gasteiger partial charge < -0.3 is 15.3 Å². The Morgan fingerprint density at radius 2 is 2.00 bits per heavy atom. The molecule has 0 aromatic heterocycles. The molecule has 1 heterocycles. The third-order valence-corrected chi connectivity index (χ3v) is 3.80. The Labute approximate surface area is 113 Å². The number of unbranched alkanes of at least 4 members (excludes halogenated alkanes) is 3. The smallest absolute Gasteiger partial charge is 0.0431 e.